The predicted molar refractivity (Wildman–Crippen MR) is 536 cm³/mol. The number of nitrogens with zero attached hydrogens (tertiary/aromatic N) is 8. The zero-order valence-electron chi connectivity index (χ0n) is 76.1. The minimum Gasteiger partial charge on any atom is -0.494 e. The van der Waals surface area contributed by atoms with E-state index in [2.05, 4.69) is 275 Å². The molecule has 0 fully saturated rings. The summed E-state index contributed by atoms with van der Waals surface area (Å²) < 4.78 is 52.1. The Hall–Kier alpha value is -16.0. The fourth-order valence-corrected chi connectivity index (χ4v) is 17.5. The van der Waals surface area contributed by atoms with Gasteiger partial charge < -0.3 is 68.0 Å². The van der Waals surface area contributed by atoms with E-state index in [1.54, 1.807) is 26.4 Å². The third-order valence-electron chi connectivity index (χ3n) is 24.1. The second kappa shape index (κ2) is 38.6. The number of aliphatic hydroxyl groups is 2. The van der Waals surface area contributed by atoms with E-state index in [0.29, 0.717) is 82.5 Å². The number of pyridine rings is 2. The number of aromatic amines is 4. The first-order valence-corrected chi connectivity index (χ1v) is 44.5. The lowest BCUT2D eigenvalue weighted by molar-refractivity contribution is -0.671. The molecule has 12 heterocycles. The number of methoxy groups -OCH3 is 4. The molecule has 6 N–H and O–H groups in total. The Morgan fingerprint density at radius 1 is 0.291 bits per heavy atom. The summed E-state index contributed by atoms with van der Waals surface area (Å²) in [5, 5.41) is 26.5. The van der Waals surface area contributed by atoms with Crippen LogP contribution in [0.1, 0.15) is 78.9 Å². The van der Waals surface area contributed by atoms with Gasteiger partial charge in [0.05, 0.1) is 111 Å². The number of benzene rings is 7. The van der Waals surface area contributed by atoms with Crippen molar-refractivity contribution in [1.29, 1.82) is 0 Å². The molecule has 15 aromatic rings. The maximum absolute atomic E-state index is 13.2. The number of hydrogen-bond acceptors (Lipinski definition) is 14. The lowest BCUT2D eigenvalue weighted by atomic mass is 10.0. The van der Waals surface area contributed by atoms with Crippen molar-refractivity contribution < 1.29 is 57.2 Å². The number of rotatable bonds is 28. The highest BCUT2D eigenvalue weighted by molar-refractivity contribution is 6.06. The molecule has 22 heteroatoms. The van der Waals surface area contributed by atoms with Crippen molar-refractivity contribution in [2.24, 2.45) is 24.1 Å². The summed E-state index contributed by atoms with van der Waals surface area (Å²) in [4.78, 5) is 48.0. The van der Waals surface area contributed by atoms with Crippen LogP contribution in [0, 0.1) is 27.7 Å². The number of aliphatic imine (C=N–C) groups is 2. The maximum Gasteiger partial charge on any atom is 0.222 e. The SMILES string of the molecule is COCCOCCOc1ccc(-c2c3nc(c(-c4ccc(C)cc4)c4ccc([nH]4)c(-c4ccc[n+](C)c4)c4nc(c(-c5ccc(C)cc5)c5ccc2[nH]5)C=C4)C=C3)cc1C(O)=Nc1cc(N=C(O)c2cc(-c3c4nc(c(-c5ccc(C)cc5)c5ccc([nH]5)c(-c5ccc[n+](C)c5)c5nc(c(-c6ccc(C)cc6)c6ccc3[nH]6)C=C5)C=C4)ccc2OCCOCCOC)c(OC)cc1OC. The molecule has 134 heavy (non-hydrogen) atoms. The van der Waals surface area contributed by atoms with E-state index in [0.717, 1.165) is 145 Å². The minimum atomic E-state index is -0.460. The van der Waals surface area contributed by atoms with Gasteiger partial charge in [-0.2, -0.15) is 0 Å². The molecule has 0 radical (unpaired) electrons. The Bertz CT molecular complexity index is 7110. The molecule has 0 saturated carbocycles. The van der Waals surface area contributed by atoms with Gasteiger partial charge in [-0.05, 0) is 201 Å². The lowest BCUT2D eigenvalue weighted by Crippen LogP contribution is -2.26. The summed E-state index contributed by atoms with van der Waals surface area (Å²) in [6, 6.07) is 73.4. The molecule has 7 aromatic carbocycles. The van der Waals surface area contributed by atoms with E-state index in [1.165, 1.54) is 14.2 Å². The third-order valence-corrected chi connectivity index (χ3v) is 24.1. The van der Waals surface area contributed by atoms with Crippen LogP contribution in [-0.4, -0.2) is 143 Å². The topological polar surface area (TPSA) is 261 Å². The molecule has 0 saturated heterocycles. The molecule has 0 spiro atoms. The average Bonchev–Trinajstić information content (AvgIpc) is 1.60. The van der Waals surface area contributed by atoms with Crippen LogP contribution in [0.5, 0.6) is 23.0 Å². The van der Waals surface area contributed by atoms with Crippen LogP contribution in [0.25, 0.3) is 182 Å². The van der Waals surface area contributed by atoms with E-state index in [1.807, 2.05) is 75.0 Å². The van der Waals surface area contributed by atoms with Crippen LogP contribution in [0.3, 0.4) is 0 Å². The Labute approximate surface area is 775 Å². The Balaban J connectivity index is 0.788. The van der Waals surface area contributed by atoms with Crippen LogP contribution in [0.4, 0.5) is 11.4 Å². The quantitative estimate of drug-likeness (QED) is 0.0115. The molecule has 4 aliphatic rings. The van der Waals surface area contributed by atoms with Crippen molar-refractivity contribution in [2.45, 2.75) is 27.7 Å². The average molecular weight is 1770 g/mol. The monoisotopic (exact) mass is 1770 g/mol. The number of aromatic nitrogens is 10. The van der Waals surface area contributed by atoms with Crippen molar-refractivity contribution in [3.05, 3.63) is 322 Å². The largest absolute Gasteiger partial charge is 0.494 e. The van der Waals surface area contributed by atoms with Gasteiger partial charge >= 0.3 is 0 Å². The molecule has 0 atom stereocenters. The van der Waals surface area contributed by atoms with Gasteiger partial charge in [-0.15, -0.1) is 0 Å². The molecule has 22 nitrogen and oxygen atoms in total. The van der Waals surface area contributed by atoms with Gasteiger partial charge in [-0.25, -0.2) is 39.1 Å². The van der Waals surface area contributed by atoms with Gasteiger partial charge in [-0.3, -0.25) is 0 Å². The molecule has 4 aliphatic heterocycles. The summed E-state index contributed by atoms with van der Waals surface area (Å²) in [5.74, 6) is 0.0444. The van der Waals surface area contributed by atoms with Gasteiger partial charge in [0.25, 0.3) is 0 Å². The van der Waals surface area contributed by atoms with E-state index >= 15 is 0 Å². The summed E-state index contributed by atoms with van der Waals surface area (Å²) in [7, 11) is 10.3. The van der Waals surface area contributed by atoms with E-state index < -0.39 is 11.8 Å². The van der Waals surface area contributed by atoms with Crippen LogP contribution in [0.15, 0.2) is 253 Å². The number of H-pyrrole nitrogens is 4. The fraction of sp³-hybridized carbons (Fsp3) is 0.161. The van der Waals surface area contributed by atoms with Crippen molar-refractivity contribution in [3.8, 4) is 112 Å². The first kappa shape index (κ1) is 87.4. The molecular weight excluding hydrogens is 1670 g/mol. The molecule has 8 aromatic heterocycles. The zero-order chi connectivity index (χ0) is 92.0. The number of aliphatic hydroxyl groups excluding tert-OH is 2. The van der Waals surface area contributed by atoms with E-state index in [9.17, 15) is 10.2 Å². The highest BCUT2D eigenvalue weighted by Crippen LogP contribution is 2.46. The summed E-state index contributed by atoms with van der Waals surface area (Å²) in [5.41, 5.74) is 31.1. The molecule has 0 unspecified atom stereocenters. The first-order valence-electron chi connectivity index (χ1n) is 44.5. The van der Waals surface area contributed by atoms with Gasteiger partial charge in [0.1, 0.15) is 61.7 Å². The molecule has 0 aliphatic carbocycles. The number of ether oxygens (including phenoxy) is 8. The highest BCUT2D eigenvalue weighted by Gasteiger charge is 2.27. The Morgan fingerprint density at radius 2 is 0.552 bits per heavy atom. The molecule has 666 valence electrons. The van der Waals surface area contributed by atoms with Crippen molar-refractivity contribution in [3.63, 3.8) is 0 Å². The van der Waals surface area contributed by atoms with Crippen molar-refractivity contribution >= 4 is 116 Å². The van der Waals surface area contributed by atoms with Crippen LogP contribution in [-0.2, 0) is 33.0 Å². The maximum atomic E-state index is 13.2. The van der Waals surface area contributed by atoms with Gasteiger partial charge in [-0.1, -0.05) is 131 Å². The number of hydrogen-bond donors (Lipinski definition) is 6. The fourth-order valence-electron chi connectivity index (χ4n) is 17.5. The molecule has 0 amide bonds. The zero-order valence-corrected chi connectivity index (χ0v) is 76.1. The second-order valence-corrected chi connectivity index (χ2v) is 33.4. The van der Waals surface area contributed by atoms with Crippen LogP contribution in [0.2, 0.25) is 0 Å². The predicted octanol–water partition coefficient (Wildman–Crippen LogP) is 23.2. The van der Waals surface area contributed by atoms with Crippen LogP contribution >= 0.6 is 0 Å². The summed E-state index contributed by atoms with van der Waals surface area (Å²) >= 11 is 0. The first-order chi connectivity index (χ1) is 65.5. The standard InChI is InChI=1S/C112H98N12O10/c1-67-15-23-71(24-16-67)103-81-33-41-89(113-81)107(90-42-34-82(114-90)104(72-25-17-68(2)18-26-72)86-38-46-94(118-86)109(93-45-37-85(103)117-93)77-13-11-51-123(5)65-77)75-31-49-99(133-59-57-131-55-53-127-7)79(61-75)111(125)121-97-63-98(102(130-10)64-101(97)129-9)122-112(126)80-62-76(32-50-100(80)134-60-58-132-56-54-128-8)108-91-43-35-83(115-91)105(73-27-19-69(3)20-28-73)87-39-47-95(119-87)110(78-14-12-52-124(6)66-78)96-48-40-88(120-96)106(84-36-44-92(108)116-84)74-29-21-70(4)22-30-74/h11-52,61-66H,53-60H2,1-10H3,(H4-2,113,114,115,116,117,118,119,120,121,122,125,126)/p+2. The molecular formula is C112H100N12O10+2. The third kappa shape index (κ3) is 18.2. The minimum absolute atomic E-state index is 0.0930. The Kier molecular flexibility index (Phi) is 25.2. The number of nitrogens with one attached hydrogen (secondary N) is 4. The normalized spacial score (nSPS) is 12.3. The van der Waals surface area contributed by atoms with Gasteiger partial charge in [0.2, 0.25) is 11.8 Å². The van der Waals surface area contributed by atoms with Gasteiger partial charge in [0, 0.05) is 132 Å². The molecule has 16 bridgehead atoms. The van der Waals surface area contributed by atoms with Crippen molar-refractivity contribution in [1.82, 2.24) is 39.9 Å². The van der Waals surface area contributed by atoms with E-state index in [4.69, 9.17) is 67.8 Å². The smallest absolute Gasteiger partial charge is 0.222 e. The van der Waals surface area contributed by atoms with E-state index in [-0.39, 0.29) is 71.9 Å². The molecule has 19 rings (SSSR count). The van der Waals surface area contributed by atoms with Crippen LogP contribution < -0.4 is 28.1 Å². The summed E-state index contributed by atoms with van der Waals surface area (Å²) in [6.45, 7) is 10.4. The number of aryl methyl sites for hydroxylation is 6. The second-order valence-electron chi connectivity index (χ2n) is 33.4. The summed E-state index contributed by atoms with van der Waals surface area (Å²) in [6.07, 6.45) is 24.8. The lowest BCUT2D eigenvalue weighted by Gasteiger charge is -2.15. The van der Waals surface area contributed by atoms with Gasteiger partial charge in [0.15, 0.2) is 24.8 Å². The Morgan fingerprint density at radius 3 is 0.821 bits per heavy atom. The van der Waals surface area contributed by atoms with Crippen molar-refractivity contribution in [2.75, 3.05) is 81.3 Å². The number of fused-ring (bicyclic) bond motifs is 16. The highest BCUT2D eigenvalue weighted by atomic mass is 16.5.